The molecule has 2 aromatic rings. The van der Waals surface area contributed by atoms with Crippen LogP contribution in [0.2, 0.25) is 0 Å². The van der Waals surface area contributed by atoms with Gasteiger partial charge in [0.1, 0.15) is 5.82 Å². The number of aromatic nitrogens is 1. The standard InChI is InChI=1S/C15H21N3O/c1-11(19-3)8-17-15-14-7-5-4-6-13(14)12(9-16-2)10-18-15/h4-7,10-11,16H,8-9H2,1-3H3,(H,17,18). The van der Waals surface area contributed by atoms with Gasteiger partial charge in [-0.25, -0.2) is 4.98 Å². The maximum Gasteiger partial charge on any atom is 0.133 e. The van der Waals surface area contributed by atoms with E-state index in [0.717, 1.165) is 24.3 Å². The molecule has 4 nitrogen and oxygen atoms in total. The second-order valence-corrected chi connectivity index (χ2v) is 4.64. The summed E-state index contributed by atoms with van der Waals surface area (Å²) in [5.41, 5.74) is 1.21. The molecule has 0 amide bonds. The molecule has 1 heterocycles. The molecular weight excluding hydrogens is 238 g/mol. The molecule has 0 aliphatic rings. The minimum absolute atomic E-state index is 0.164. The average molecular weight is 259 g/mol. The summed E-state index contributed by atoms with van der Waals surface area (Å²) in [4.78, 5) is 4.53. The van der Waals surface area contributed by atoms with E-state index in [9.17, 15) is 0 Å². The first-order chi connectivity index (χ1) is 9.26. The lowest BCUT2D eigenvalue weighted by Crippen LogP contribution is -2.19. The third kappa shape index (κ3) is 3.22. The number of fused-ring (bicyclic) bond motifs is 1. The predicted molar refractivity (Wildman–Crippen MR) is 79.5 cm³/mol. The SMILES string of the molecule is CNCc1cnc(NCC(C)OC)c2ccccc12. The number of nitrogens with zero attached hydrogens (tertiary/aromatic N) is 1. The van der Waals surface area contributed by atoms with Crippen molar-refractivity contribution >= 4 is 16.6 Å². The minimum Gasteiger partial charge on any atom is -0.380 e. The third-order valence-electron chi connectivity index (χ3n) is 3.20. The van der Waals surface area contributed by atoms with Gasteiger partial charge in [0, 0.05) is 31.8 Å². The summed E-state index contributed by atoms with van der Waals surface area (Å²) >= 11 is 0. The quantitative estimate of drug-likeness (QED) is 0.836. The number of nitrogens with one attached hydrogen (secondary N) is 2. The van der Waals surface area contributed by atoms with Crippen LogP contribution in [0.15, 0.2) is 30.5 Å². The number of hydrogen-bond acceptors (Lipinski definition) is 4. The fourth-order valence-electron chi connectivity index (χ4n) is 2.05. The van der Waals surface area contributed by atoms with Crippen molar-refractivity contribution in [3.8, 4) is 0 Å². The van der Waals surface area contributed by atoms with E-state index in [2.05, 4.69) is 33.8 Å². The molecule has 0 bridgehead atoms. The Morgan fingerprint density at radius 1 is 1.26 bits per heavy atom. The highest BCUT2D eigenvalue weighted by atomic mass is 16.5. The van der Waals surface area contributed by atoms with E-state index in [1.54, 1.807) is 7.11 Å². The molecule has 102 valence electrons. The molecule has 1 aromatic carbocycles. The van der Waals surface area contributed by atoms with Crippen LogP contribution < -0.4 is 10.6 Å². The van der Waals surface area contributed by atoms with Crippen molar-refractivity contribution in [2.75, 3.05) is 26.0 Å². The van der Waals surface area contributed by atoms with Crippen molar-refractivity contribution in [1.29, 1.82) is 0 Å². The maximum absolute atomic E-state index is 5.25. The van der Waals surface area contributed by atoms with Gasteiger partial charge in [-0.15, -0.1) is 0 Å². The second kappa shape index (κ2) is 6.50. The Bertz CT molecular complexity index is 542. The molecule has 0 fully saturated rings. The van der Waals surface area contributed by atoms with Gasteiger partial charge in [-0.1, -0.05) is 24.3 Å². The summed E-state index contributed by atoms with van der Waals surface area (Å²) < 4.78 is 5.25. The van der Waals surface area contributed by atoms with Crippen molar-refractivity contribution in [2.45, 2.75) is 19.6 Å². The van der Waals surface area contributed by atoms with Gasteiger partial charge in [-0.3, -0.25) is 0 Å². The van der Waals surface area contributed by atoms with E-state index >= 15 is 0 Å². The maximum atomic E-state index is 5.25. The molecule has 2 rings (SSSR count). The average Bonchev–Trinajstić information content (AvgIpc) is 2.46. The van der Waals surface area contributed by atoms with Gasteiger partial charge in [0.15, 0.2) is 0 Å². The normalized spacial score (nSPS) is 12.6. The topological polar surface area (TPSA) is 46.2 Å². The van der Waals surface area contributed by atoms with Crippen LogP contribution >= 0.6 is 0 Å². The van der Waals surface area contributed by atoms with Gasteiger partial charge in [0.2, 0.25) is 0 Å². The van der Waals surface area contributed by atoms with Crippen molar-refractivity contribution < 1.29 is 4.74 Å². The van der Waals surface area contributed by atoms with Crippen LogP contribution in [0.5, 0.6) is 0 Å². The second-order valence-electron chi connectivity index (χ2n) is 4.64. The predicted octanol–water partition coefficient (Wildman–Crippen LogP) is 2.40. The first kappa shape index (κ1) is 13.8. The first-order valence-electron chi connectivity index (χ1n) is 6.54. The van der Waals surface area contributed by atoms with Crippen molar-refractivity contribution in [3.05, 3.63) is 36.0 Å². The molecule has 0 aliphatic heterocycles. The Hall–Kier alpha value is -1.65. The van der Waals surface area contributed by atoms with Crippen LogP contribution in [-0.4, -0.2) is 31.8 Å². The number of benzene rings is 1. The summed E-state index contributed by atoms with van der Waals surface area (Å²) in [5.74, 6) is 0.916. The summed E-state index contributed by atoms with van der Waals surface area (Å²) in [5, 5.41) is 8.91. The van der Waals surface area contributed by atoms with E-state index < -0.39 is 0 Å². The van der Waals surface area contributed by atoms with Crippen LogP contribution in [0.3, 0.4) is 0 Å². The van der Waals surface area contributed by atoms with Crippen LogP contribution in [-0.2, 0) is 11.3 Å². The lowest BCUT2D eigenvalue weighted by Gasteiger charge is -2.14. The molecule has 0 radical (unpaired) electrons. The number of pyridine rings is 1. The van der Waals surface area contributed by atoms with Gasteiger partial charge in [-0.05, 0) is 24.9 Å². The van der Waals surface area contributed by atoms with Gasteiger partial charge in [-0.2, -0.15) is 0 Å². The molecular formula is C15H21N3O. The molecule has 1 aromatic heterocycles. The Morgan fingerprint density at radius 2 is 2.00 bits per heavy atom. The Labute approximate surface area is 114 Å². The third-order valence-corrected chi connectivity index (χ3v) is 3.20. The van der Waals surface area contributed by atoms with E-state index in [4.69, 9.17) is 4.74 Å². The summed E-state index contributed by atoms with van der Waals surface area (Å²) in [6.07, 6.45) is 2.09. The monoisotopic (exact) mass is 259 g/mol. The van der Waals surface area contributed by atoms with Crippen molar-refractivity contribution in [2.24, 2.45) is 0 Å². The zero-order valence-corrected chi connectivity index (χ0v) is 11.7. The highest BCUT2D eigenvalue weighted by molar-refractivity contribution is 5.93. The fourth-order valence-corrected chi connectivity index (χ4v) is 2.05. The highest BCUT2D eigenvalue weighted by Gasteiger charge is 2.07. The summed E-state index contributed by atoms with van der Waals surface area (Å²) in [6, 6.07) is 8.33. The zero-order chi connectivity index (χ0) is 13.7. The number of rotatable bonds is 6. The van der Waals surface area contributed by atoms with E-state index in [1.807, 2.05) is 26.2 Å². The zero-order valence-electron chi connectivity index (χ0n) is 11.7. The number of anilines is 1. The largest absolute Gasteiger partial charge is 0.380 e. The summed E-state index contributed by atoms with van der Waals surface area (Å²) in [6.45, 7) is 3.60. The number of ether oxygens (including phenoxy) is 1. The van der Waals surface area contributed by atoms with Gasteiger partial charge in [0.05, 0.1) is 6.10 Å². The fraction of sp³-hybridized carbons (Fsp3) is 0.400. The van der Waals surface area contributed by atoms with Gasteiger partial charge >= 0.3 is 0 Å². The van der Waals surface area contributed by atoms with E-state index in [1.165, 1.54) is 10.9 Å². The molecule has 4 heteroatoms. The molecule has 0 spiro atoms. The highest BCUT2D eigenvalue weighted by Crippen LogP contribution is 2.24. The van der Waals surface area contributed by atoms with Gasteiger partial charge in [0.25, 0.3) is 0 Å². The van der Waals surface area contributed by atoms with Crippen LogP contribution in [0.25, 0.3) is 10.8 Å². The van der Waals surface area contributed by atoms with Crippen LogP contribution in [0.4, 0.5) is 5.82 Å². The molecule has 0 saturated carbocycles. The molecule has 1 unspecified atom stereocenters. The molecule has 2 N–H and O–H groups in total. The van der Waals surface area contributed by atoms with Crippen molar-refractivity contribution in [1.82, 2.24) is 10.3 Å². The first-order valence-corrected chi connectivity index (χ1v) is 6.54. The van der Waals surface area contributed by atoms with Crippen LogP contribution in [0.1, 0.15) is 12.5 Å². The lowest BCUT2D eigenvalue weighted by atomic mass is 10.1. The van der Waals surface area contributed by atoms with E-state index in [-0.39, 0.29) is 6.10 Å². The minimum atomic E-state index is 0.164. The van der Waals surface area contributed by atoms with Gasteiger partial charge < -0.3 is 15.4 Å². The van der Waals surface area contributed by atoms with E-state index in [0.29, 0.717) is 0 Å². The Balaban J connectivity index is 2.32. The van der Waals surface area contributed by atoms with Crippen LogP contribution in [0, 0.1) is 0 Å². The lowest BCUT2D eigenvalue weighted by molar-refractivity contribution is 0.128. The number of methoxy groups -OCH3 is 1. The number of hydrogen-bond donors (Lipinski definition) is 2. The van der Waals surface area contributed by atoms with Crippen molar-refractivity contribution in [3.63, 3.8) is 0 Å². The molecule has 1 atom stereocenters. The molecule has 19 heavy (non-hydrogen) atoms. The smallest absolute Gasteiger partial charge is 0.133 e. The molecule has 0 saturated heterocycles. The Morgan fingerprint density at radius 3 is 2.68 bits per heavy atom. The molecule has 0 aliphatic carbocycles. The summed E-state index contributed by atoms with van der Waals surface area (Å²) in [7, 11) is 3.66. The Kier molecular flexibility index (Phi) is 4.71.